The van der Waals surface area contributed by atoms with Gasteiger partial charge in [-0.15, -0.1) is 20.6 Å². The molecule has 0 spiro atoms. The van der Waals surface area contributed by atoms with Gasteiger partial charge in [-0.25, -0.2) is 31.2 Å². The first kappa shape index (κ1) is 35.1. The fourth-order valence-corrected chi connectivity index (χ4v) is 12.9. The zero-order chi connectivity index (χ0) is 35.2. The molecule has 1 unspecified atom stereocenters. The van der Waals surface area contributed by atoms with Gasteiger partial charge in [-0.3, -0.25) is 4.90 Å². The van der Waals surface area contributed by atoms with Crippen molar-refractivity contribution in [1.29, 1.82) is 0 Å². The molecular weight excluding hydrogens is 723 g/mol. The molecule has 50 heavy (non-hydrogen) atoms. The standard InChI is InChI=1S/C33H38ClFN8O4S3/c1-41-15-17-42(18-16-41)23-8-10-24(11-9-23)43-20-26(31-32(36)37-21-38-33(31)43)22-7-12-28(27(35)19-22)48-29(34)13-14-30(48)50(46,47)40-39-49(44,45)25-5-3-2-4-6-25/h2-7,12-14,19-21,23-24,39-40,48H,8-11,15-18H2,1H3,(H2,36,37,38). The summed E-state index contributed by atoms with van der Waals surface area (Å²) >= 11 is 6.48. The number of anilines is 1. The molecule has 0 amide bonds. The summed E-state index contributed by atoms with van der Waals surface area (Å²) in [6.07, 6.45) is 10.2. The number of fused-ring (bicyclic) bond motifs is 1. The number of nitrogen functional groups attached to an aromatic ring is 1. The summed E-state index contributed by atoms with van der Waals surface area (Å²) in [6.45, 7) is 4.34. The third-order valence-electron chi connectivity index (χ3n) is 9.69. The number of benzene rings is 2. The number of allylic oxidation sites excluding steroid dienone is 2. The Labute approximate surface area is 298 Å². The third kappa shape index (κ3) is 6.82. The van der Waals surface area contributed by atoms with Gasteiger partial charge in [-0.1, -0.05) is 35.9 Å². The van der Waals surface area contributed by atoms with Gasteiger partial charge in [0.1, 0.15) is 27.8 Å². The predicted molar refractivity (Wildman–Crippen MR) is 196 cm³/mol. The van der Waals surface area contributed by atoms with Crippen LogP contribution in [0.3, 0.4) is 0 Å². The Morgan fingerprint density at radius 2 is 1.58 bits per heavy atom. The number of rotatable bonds is 9. The number of sulfonamides is 2. The summed E-state index contributed by atoms with van der Waals surface area (Å²) < 4.78 is 70.2. The summed E-state index contributed by atoms with van der Waals surface area (Å²) in [7, 11) is -8.56. The first-order chi connectivity index (χ1) is 23.9. The van der Waals surface area contributed by atoms with Crippen LogP contribution in [0.2, 0.25) is 0 Å². The van der Waals surface area contributed by atoms with Crippen molar-refractivity contribution in [1.82, 2.24) is 34.0 Å². The molecule has 4 N–H and O–H groups in total. The number of hydrogen-bond acceptors (Lipinski definition) is 9. The molecule has 7 rings (SSSR count). The number of nitrogens with zero attached hydrogens (tertiary/aromatic N) is 5. The number of piperazine rings is 1. The van der Waals surface area contributed by atoms with Crippen molar-refractivity contribution in [3.63, 3.8) is 0 Å². The molecule has 2 fully saturated rings. The smallest absolute Gasteiger partial charge is 0.259 e. The normalized spacial score (nSPS) is 23.2. The Morgan fingerprint density at radius 1 is 0.900 bits per heavy atom. The number of nitrogens with two attached hydrogens (primary N) is 1. The quantitative estimate of drug-likeness (QED) is 0.141. The van der Waals surface area contributed by atoms with Crippen LogP contribution >= 0.6 is 22.5 Å². The minimum absolute atomic E-state index is 0.0697. The highest BCUT2D eigenvalue weighted by Gasteiger charge is 2.34. The molecule has 1 saturated carbocycles. The number of halogens is 2. The van der Waals surface area contributed by atoms with E-state index >= 15 is 4.39 Å². The molecule has 17 heteroatoms. The van der Waals surface area contributed by atoms with Crippen molar-refractivity contribution in [3.05, 3.63) is 87.6 Å². The van der Waals surface area contributed by atoms with Crippen molar-refractivity contribution in [2.75, 3.05) is 39.0 Å². The van der Waals surface area contributed by atoms with Crippen molar-refractivity contribution >= 4 is 59.4 Å². The van der Waals surface area contributed by atoms with Gasteiger partial charge >= 0.3 is 0 Å². The number of nitrogens with one attached hydrogen (secondary N) is 2. The summed E-state index contributed by atoms with van der Waals surface area (Å²) in [5, 5.41) is 0.628. The van der Waals surface area contributed by atoms with Crippen LogP contribution in [-0.4, -0.2) is 80.4 Å². The summed E-state index contributed by atoms with van der Waals surface area (Å²) in [4.78, 5) is 17.6. The number of thiol groups is 1. The van der Waals surface area contributed by atoms with Crippen molar-refractivity contribution < 1.29 is 21.2 Å². The molecule has 4 aromatic rings. The monoisotopic (exact) mass is 760 g/mol. The van der Waals surface area contributed by atoms with Gasteiger partial charge in [0.15, 0.2) is 0 Å². The molecule has 266 valence electrons. The third-order valence-corrected chi connectivity index (χ3v) is 16.1. The molecule has 1 saturated heterocycles. The molecule has 1 atom stereocenters. The second-order valence-electron chi connectivity index (χ2n) is 12.7. The largest absolute Gasteiger partial charge is 0.383 e. The molecule has 1 aliphatic carbocycles. The van der Waals surface area contributed by atoms with Gasteiger partial charge < -0.3 is 15.2 Å². The highest BCUT2D eigenvalue weighted by molar-refractivity contribution is 8.33. The van der Waals surface area contributed by atoms with Gasteiger partial charge in [0.05, 0.1) is 14.6 Å². The lowest BCUT2D eigenvalue weighted by Gasteiger charge is -2.41. The average molecular weight is 761 g/mol. The molecule has 0 radical (unpaired) electrons. The maximum Gasteiger partial charge on any atom is 0.259 e. The van der Waals surface area contributed by atoms with E-state index in [9.17, 15) is 16.8 Å². The van der Waals surface area contributed by atoms with Crippen molar-refractivity contribution in [3.8, 4) is 11.1 Å². The van der Waals surface area contributed by atoms with Gasteiger partial charge in [0, 0.05) is 54.9 Å². The fraction of sp³-hybridized carbons (Fsp3) is 0.333. The number of aromatic nitrogens is 3. The van der Waals surface area contributed by atoms with Crippen LogP contribution in [0.5, 0.6) is 0 Å². The SMILES string of the molecule is CN1CCN(C2CCC(n3cc(-c4ccc([SH]5C(Cl)=CC=C5S(=O)(=O)NNS(=O)(=O)c5ccccc5)c(F)c4)c4c(N)ncnc43)CC2)CC1. The fourth-order valence-electron chi connectivity index (χ4n) is 7.01. The van der Waals surface area contributed by atoms with E-state index < -0.39 is 36.8 Å². The van der Waals surface area contributed by atoms with Crippen LogP contribution in [0.25, 0.3) is 22.2 Å². The van der Waals surface area contributed by atoms with Gasteiger partial charge in [-0.05, 0) is 74.7 Å². The zero-order valence-electron chi connectivity index (χ0n) is 27.2. The molecule has 4 heterocycles. The summed E-state index contributed by atoms with van der Waals surface area (Å²) in [5.41, 5.74) is 8.28. The van der Waals surface area contributed by atoms with E-state index in [1.807, 2.05) is 15.9 Å². The van der Waals surface area contributed by atoms with E-state index in [-0.39, 0.29) is 30.3 Å². The van der Waals surface area contributed by atoms with Crippen LogP contribution in [0, 0.1) is 5.82 Å². The number of hydrazine groups is 1. The van der Waals surface area contributed by atoms with Crippen LogP contribution in [0.4, 0.5) is 10.2 Å². The lowest BCUT2D eigenvalue weighted by Crippen LogP contribution is -2.49. The van der Waals surface area contributed by atoms with Crippen molar-refractivity contribution in [2.24, 2.45) is 0 Å². The molecule has 2 aliphatic heterocycles. The van der Waals surface area contributed by atoms with Crippen LogP contribution in [0.1, 0.15) is 31.7 Å². The molecule has 2 aromatic heterocycles. The van der Waals surface area contributed by atoms with Crippen molar-refractivity contribution in [2.45, 2.75) is 47.6 Å². The Hall–Kier alpha value is -3.35. The van der Waals surface area contributed by atoms with E-state index in [1.165, 1.54) is 54.9 Å². The first-order valence-electron chi connectivity index (χ1n) is 16.2. The number of likely N-dealkylation sites (N-methyl/N-ethyl adjacent to an activating group) is 1. The molecule has 2 aromatic carbocycles. The zero-order valence-corrected chi connectivity index (χ0v) is 30.5. The summed E-state index contributed by atoms with van der Waals surface area (Å²) in [5.74, 6) is -0.386. The Bertz CT molecular complexity index is 2200. The van der Waals surface area contributed by atoms with Crippen LogP contribution < -0.4 is 15.4 Å². The van der Waals surface area contributed by atoms with E-state index in [2.05, 4.69) is 31.4 Å². The van der Waals surface area contributed by atoms with Gasteiger partial charge in [0.2, 0.25) is 0 Å². The summed E-state index contributed by atoms with van der Waals surface area (Å²) in [6, 6.07) is 12.6. The lowest BCUT2D eigenvalue weighted by atomic mass is 9.89. The van der Waals surface area contributed by atoms with E-state index in [0.717, 1.165) is 51.9 Å². The van der Waals surface area contributed by atoms with E-state index in [4.69, 9.17) is 17.3 Å². The molecule has 0 bridgehead atoms. The highest BCUT2D eigenvalue weighted by atomic mass is 35.5. The van der Waals surface area contributed by atoms with Crippen LogP contribution in [0.15, 0.2) is 91.6 Å². The van der Waals surface area contributed by atoms with Gasteiger partial charge in [0.25, 0.3) is 20.0 Å². The Morgan fingerprint density at radius 3 is 2.28 bits per heavy atom. The van der Waals surface area contributed by atoms with Gasteiger partial charge in [-0.2, -0.15) is 0 Å². The van der Waals surface area contributed by atoms with Crippen LogP contribution in [-0.2, 0) is 20.0 Å². The average Bonchev–Trinajstić information content (AvgIpc) is 3.70. The predicted octanol–water partition coefficient (Wildman–Crippen LogP) is 4.66. The maximum absolute atomic E-state index is 16.1. The lowest BCUT2D eigenvalue weighted by molar-refractivity contribution is 0.0828. The Balaban J connectivity index is 1.13. The second kappa shape index (κ2) is 14.0. The molecule has 3 aliphatic rings. The first-order valence-corrected chi connectivity index (χ1v) is 20.9. The molecular formula is C33H38ClFN8O4S3. The van der Waals surface area contributed by atoms with E-state index in [0.29, 0.717) is 28.2 Å². The second-order valence-corrected chi connectivity index (χ2v) is 19.2. The Kier molecular flexibility index (Phi) is 9.81. The minimum atomic E-state index is -4.46. The maximum atomic E-state index is 16.1. The molecule has 12 nitrogen and oxygen atoms in total. The highest BCUT2D eigenvalue weighted by Crippen LogP contribution is 2.58. The van der Waals surface area contributed by atoms with E-state index in [1.54, 1.807) is 12.1 Å². The topological polar surface area (TPSA) is 156 Å². The minimum Gasteiger partial charge on any atom is -0.383 e. The number of hydrogen-bond donors (Lipinski definition) is 4.